The standard InChI is InChI=1S/C44H48F2O4/c1-27(2)35(40(29-13-17-31(45)18-14-29)30-15-19-32(46)20-16-30)22-21-33(47)25-34(48)26-39(49)50-42-38-23-24-44(5,43(38,3)4)41(42)37-12-8-10-28-9-6-7-11-36(28)37/h6-22,27,33-34,38,41-42,47-48H,23-26H2,1-5H3/t33-,34-,38?,41?,42?,44+/m0/s1. The van der Waals surface area contributed by atoms with Gasteiger partial charge in [0.2, 0.25) is 0 Å². The van der Waals surface area contributed by atoms with E-state index in [0.29, 0.717) is 0 Å². The minimum atomic E-state index is -1.11. The second kappa shape index (κ2) is 14.2. The molecule has 4 nitrogen and oxygen atoms in total. The van der Waals surface area contributed by atoms with Crippen LogP contribution in [-0.4, -0.2) is 34.5 Å². The molecule has 0 aromatic heterocycles. The van der Waals surface area contributed by atoms with Crippen LogP contribution in [0.2, 0.25) is 0 Å². The van der Waals surface area contributed by atoms with Gasteiger partial charge in [0.1, 0.15) is 17.7 Å². The molecule has 0 heterocycles. The quantitative estimate of drug-likeness (QED) is 0.122. The largest absolute Gasteiger partial charge is 0.461 e. The molecule has 0 spiro atoms. The lowest BCUT2D eigenvalue weighted by molar-refractivity contribution is -0.156. The summed E-state index contributed by atoms with van der Waals surface area (Å²) in [5, 5.41) is 24.3. The minimum absolute atomic E-state index is 0.00834. The number of fused-ring (bicyclic) bond motifs is 3. The monoisotopic (exact) mass is 678 g/mol. The molecule has 0 aliphatic heterocycles. The summed E-state index contributed by atoms with van der Waals surface area (Å²) in [5.74, 6) is -0.976. The van der Waals surface area contributed by atoms with Crippen molar-refractivity contribution in [2.24, 2.45) is 22.7 Å². The van der Waals surface area contributed by atoms with E-state index in [9.17, 15) is 23.8 Å². The van der Waals surface area contributed by atoms with Gasteiger partial charge in [-0.1, -0.05) is 114 Å². The fraction of sp³-hybridized carbons (Fsp3) is 0.386. The second-order valence-corrected chi connectivity index (χ2v) is 15.3. The van der Waals surface area contributed by atoms with Crippen LogP contribution in [0.15, 0.2) is 109 Å². The third-order valence-electron chi connectivity index (χ3n) is 11.8. The van der Waals surface area contributed by atoms with E-state index in [4.69, 9.17) is 4.74 Å². The van der Waals surface area contributed by atoms with Crippen molar-refractivity contribution < 1.29 is 28.5 Å². The first kappa shape index (κ1) is 35.7. The lowest BCUT2D eigenvalue weighted by Gasteiger charge is -2.40. The highest BCUT2D eigenvalue weighted by atomic mass is 19.1. The number of rotatable bonds is 11. The van der Waals surface area contributed by atoms with Crippen molar-refractivity contribution in [3.63, 3.8) is 0 Å². The van der Waals surface area contributed by atoms with Crippen LogP contribution in [-0.2, 0) is 9.53 Å². The number of esters is 1. The van der Waals surface area contributed by atoms with E-state index in [1.807, 2.05) is 19.9 Å². The molecular weight excluding hydrogens is 630 g/mol. The van der Waals surface area contributed by atoms with Gasteiger partial charge in [-0.05, 0) is 92.5 Å². The van der Waals surface area contributed by atoms with Crippen LogP contribution in [0.4, 0.5) is 8.78 Å². The molecule has 2 bridgehead atoms. The lowest BCUT2D eigenvalue weighted by Crippen LogP contribution is -2.36. The summed E-state index contributed by atoms with van der Waals surface area (Å²) in [6.07, 6.45) is 2.71. The van der Waals surface area contributed by atoms with Gasteiger partial charge in [0.25, 0.3) is 0 Å². The molecule has 2 fully saturated rings. The predicted octanol–water partition coefficient (Wildman–Crippen LogP) is 9.79. The Morgan fingerprint density at radius 1 is 0.880 bits per heavy atom. The summed E-state index contributed by atoms with van der Waals surface area (Å²) < 4.78 is 34.0. The number of aliphatic hydroxyl groups excluding tert-OH is 2. The van der Waals surface area contributed by atoms with Gasteiger partial charge < -0.3 is 14.9 Å². The van der Waals surface area contributed by atoms with Gasteiger partial charge in [0.05, 0.1) is 18.6 Å². The summed E-state index contributed by atoms with van der Waals surface area (Å²) in [4.78, 5) is 13.5. The Bertz CT molecular complexity index is 1840. The Morgan fingerprint density at radius 2 is 1.48 bits per heavy atom. The molecule has 2 aliphatic rings. The van der Waals surface area contributed by atoms with Crippen molar-refractivity contribution in [3.05, 3.63) is 137 Å². The zero-order chi connectivity index (χ0) is 35.8. The first-order chi connectivity index (χ1) is 23.8. The molecule has 6 atom stereocenters. The van der Waals surface area contributed by atoms with E-state index >= 15 is 0 Å². The van der Waals surface area contributed by atoms with E-state index < -0.39 is 18.2 Å². The van der Waals surface area contributed by atoms with Crippen LogP contribution in [0.25, 0.3) is 16.3 Å². The molecule has 4 aromatic rings. The number of hydrogen-bond donors (Lipinski definition) is 2. The normalized spacial score (nSPS) is 23.8. The summed E-state index contributed by atoms with van der Waals surface area (Å²) in [6.45, 7) is 10.9. The lowest BCUT2D eigenvalue weighted by atomic mass is 9.64. The molecule has 2 aliphatic carbocycles. The second-order valence-electron chi connectivity index (χ2n) is 15.3. The molecule has 3 unspecified atom stereocenters. The van der Waals surface area contributed by atoms with Crippen LogP contribution in [0, 0.1) is 34.3 Å². The molecule has 0 amide bonds. The molecule has 4 aromatic carbocycles. The number of carbonyl (C=O) groups is 1. The number of allylic oxidation sites excluding steroid dienone is 2. The summed E-state index contributed by atoms with van der Waals surface area (Å²) in [6, 6.07) is 27.0. The van der Waals surface area contributed by atoms with Crippen molar-refractivity contribution in [1.82, 2.24) is 0 Å². The summed E-state index contributed by atoms with van der Waals surface area (Å²) >= 11 is 0. The number of carbonyl (C=O) groups excluding carboxylic acids is 1. The van der Waals surface area contributed by atoms with Crippen molar-refractivity contribution >= 4 is 22.3 Å². The molecule has 0 saturated heterocycles. The van der Waals surface area contributed by atoms with Crippen LogP contribution >= 0.6 is 0 Å². The van der Waals surface area contributed by atoms with E-state index in [-0.39, 0.29) is 59.2 Å². The van der Waals surface area contributed by atoms with Gasteiger partial charge in [-0.3, -0.25) is 4.79 Å². The molecule has 2 N–H and O–H groups in total. The number of halogens is 2. The van der Waals surface area contributed by atoms with Gasteiger partial charge >= 0.3 is 5.97 Å². The van der Waals surface area contributed by atoms with E-state index in [1.165, 1.54) is 35.2 Å². The van der Waals surface area contributed by atoms with Gasteiger partial charge in [-0.15, -0.1) is 0 Å². The van der Waals surface area contributed by atoms with Crippen LogP contribution in [0.3, 0.4) is 0 Å². The van der Waals surface area contributed by atoms with Crippen molar-refractivity contribution in [3.8, 4) is 0 Å². The summed E-state index contributed by atoms with van der Waals surface area (Å²) in [7, 11) is 0. The number of hydrogen-bond acceptors (Lipinski definition) is 4. The predicted molar refractivity (Wildman–Crippen MR) is 195 cm³/mol. The van der Waals surface area contributed by atoms with Gasteiger partial charge in [-0.25, -0.2) is 8.78 Å². The van der Waals surface area contributed by atoms with Gasteiger partial charge in [-0.2, -0.15) is 0 Å². The van der Waals surface area contributed by atoms with E-state index in [0.717, 1.165) is 40.5 Å². The Kier molecular flexibility index (Phi) is 10.2. The van der Waals surface area contributed by atoms with Gasteiger partial charge in [0.15, 0.2) is 0 Å². The maximum absolute atomic E-state index is 13.8. The fourth-order valence-electron chi connectivity index (χ4n) is 8.83. The average Bonchev–Trinajstić information content (AvgIpc) is 3.39. The highest BCUT2D eigenvalue weighted by Gasteiger charge is 2.67. The first-order valence-corrected chi connectivity index (χ1v) is 17.8. The first-order valence-electron chi connectivity index (χ1n) is 17.8. The molecule has 2 saturated carbocycles. The smallest absolute Gasteiger partial charge is 0.308 e. The topological polar surface area (TPSA) is 66.8 Å². The van der Waals surface area contributed by atoms with Crippen molar-refractivity contribution in [2.45, 2.75) is 84.5 Å². The van der Waals surface area contributed by atoms with Gasteiger partial charge in [0, 0.05) is 18.3 Å². The highest BCUT2D eigenvalue weighted by Crippen LogP contribution is 2.72. The third kappa shape index (κ3) is 6.80. The maximum Gasteiger partial charge on any atom is 0.308 e. The molecule has 262 valence electrons. The molecule has 6 rings (SSSR count). The number of ether oxygens (including phenoxy) is 1. The van der Waals surface area contributed by atoms with Crippen molar-refractivity contribution in [2.75, 3.05) is 0 Å². The molecule has 0 radical (unpaired) electrons. The Hall–Kier alpha value is -4.13. The van der Waals surface area contributed by atoms with Crippen LogP contribution < -0.4 is 0 Å². The number of benzene rings is 4. The maximum atomic E-state index is 13.8. The average molecular weight is 679 g/mol. The minimum Gasteiger partial charge on any atom is -0.461 e. The van der Waals surface area contributed by atoms with Crippen molar-refractivity contribution in [1.29, 1.82) is 0 Å². The van der Waals surface area contributed by atoms with E-state index in [1.54, 1.807) is 36.4 Å². The Balaban J connectivity index is 1.18. The SMILES string of the molecule is CC(C)C(C=C[C@H](O)C[C@H](O)CC(=O)OC1C2CC[C@](C)(C1c1cccc3ccccc13)C2(C)C)=C(c1ccc(F)cc1)c1ccc(F)cc1. The molecular formula is C44H48F2O4. The molecule has 6 heteroatoms. The Labute approximate surface area is 294 Å². The zero-order valence-corrected chi connectivity index (χ0v) is 29.6. The zero-order valence-electron chi connectivity index (χ0n) is 29.6. The van der Waals surface area contributed by atoms with E-state index in [2.05, 4.69) is 57.2 Å². The van der Waals surface area contributed by atoms with Crippen LogP contribution in [0.1, 0.15) is 82.9 Å². The summed E-state index contributed by atoms with van der Waals surface area (Å²) in [5.41, 5.74) is 4.25. The van der Waals surface area contributed by atoms with Crippen LogP contribution in [0.5, 0.6) is 0 Å². The Morgan fingerprint density at radius 3 is 2.10 bits per heavy atom. The molecule has 50 heavy (non-hydrogen) atoms. The highest BCUT2D eigenvalue weighted by molar-refractivity contribution is 5.87. The number of aliphatic hydroxyl groups is 2. The third-order valence-corrected chi connectivity index (χ3v) is 11.8. The fourth-order valence-corrected chi connectivity index (χ4v) is 8.83.